The van der Waals surface area contributed by atoms with Crippen LogP contribution in [-0.2, 0) is 0 Å². The summed E-state index contributed by atoms with van der Waals surface area (Å²) in [5.41, 5.74) is 0. The standard InChI is InChI=1S/C16H34N2S/c1-6-10-14-12-18(15(7-2)11-17-14)13-16(8-3,9-4)19-5/h14-15,17H,6-13H2,1-5H3. The summed E-state index contributed by atoms with van der Waals surface area (Å²) in [5, 5.41) is 3.74. The Hall–Kier alpha value is 0.270. The molecule has 0 saturated carbocycles. The normalized spacial score (nSPS) is 25.7. The van der Waals surface area contributed by atoms with Crippen LogP contribution in [0.2, 0.25) is 0 Å². The number of hydrogen-bond donors (Lipinski definition) is 1. The molecule has 1 fully saturated rings. The second-order valence-electron chi connectivity index (χ2n) is 5.98. The van der Waals surface area contributed by atoms with Gasteiger partial charge in [0.1, 0.15) is 0 Å². The van der Waals surface area contributed by atoms with Crippen molar-refractivity contribution in [1.29, 1.82) is 0 Å². The van der Waals surface area contributed by atoms with E-state index in [1.807, 2.05) is 0 Å². The Balaban J connectivity index is 2.69. The average molecular weight is 287 g/mol. The third-order valence-corrected chi connectivity index (χ3v) is 6.51. The van der Waals surface area contributed by atoms with E-state index in [4.69, 9.17) is 0 Å². The maximum Gasteiger partial charge on any atom is 0.0279 e. The summed E-state index contributed by atoms with van der Waals surface area (Å²) in [7, 11) is 0. The molecule has 1 saturated heterocycles. The van der Waals surface area contributed by atoms with Crippen LogP contribution in [0.1, 0.15) is 59.8 Å². The zero-order valence-corrected chi connectivity index (χ0v) is 14.5. The second kappa shape index (κ2) is 8.53. The monoisotopic (exact) mass is 286 g/mol. The average Bonchev–Trinajstić information content (AvgIpc) is 2.45. The van der Waals surface area contributed by atoms with Gasteiger partial charge in [-0.15, -0.1) is 0 Å². The number of rotatable bonds is 8. The van der Waals surface area contributed by atoms with Crippen molar-refractivity contribution in [2.45, 2.75) is 76.6 Å². The lowest BCUT2D eigenvalue weighted by molar-refractivity contribution is 0.109. The molecule has 2 unspecified atom stereocenters. The minimum absolute atomic E-state index is 0.460. The maximum atomic E-state index is 3.74. The fraction of sp³-hybridized carbons (Fsp3) is 1.00. The summed E-state index contributed by atoms with van der Waals surface area (Å²) >= 11 is 2.08. The van der Waals surface area contributed by atoms with Gasteiger partial charge in [0.2, 0.25) is 0 Å². The fourth-order valence-electron chi connectivity index (χ4n) is 3.26. The van der Waals surface area contributed by atoms with Crippen LogP contribution in [0.4, 0.5) is 0 Å². The molecule has 1 aliphatic heterocycles. The van der Waals surface area contributed by atoms with Crippen molar-refractivity contribution in [3.63, 3.8) is 0 Å². The van der Waals surface area contributed by atoms with Crippen LogP contribution >= 0.6 is 11.8 Å². The predicted molar refractivity (Wildman–Crippen MR) is 89.2 cm³/mol. The molecule has 0 radical (unpaired) electrons. The van der Waals surface area contributed by atoms with Gasteiger partial charge in [0.05, 0.1) is 0 Å². The molecular weight excluding hydrogens is 252 g/mol. The Morgan fingerprint density at radius 3 is 2.37 bits per heavy atom. The molecular formula is C16H34N2S. The maximum absolute atomic E-state index is 3.74. The molecule has 0 aromatic rings. The molecule has 114 valence electrons. The lowest BCUT2D eigenvalue weighted by Crippen LogP contribution is -2.59. The van der Waals surface area contributed by atoms with Crippen molar-refractivity contribution in [3.05, 3.63) is 0 Å². The Morgan fingerprint density at radius 2 is 1.89 bits per heavy atom. The van der Waals surface area contributed by atoms with Gasteiger partial charge in [0.15, 0.2) is 0 Å². The van der Waals surface area contributed by atoms with Crippen LogP contribution in [0.5, 0.6) is 0 Å². The number of hydrogen-bond acceptors (Lipinski definition) is 3. The van der Waals surface area contributed by atoms with Crippen molar-refractivity contribution in [1.82, 2.24) is 10.2 Å². The van der Waals surface area contributed by atoms with Crippen LogP contribution in [0.15, 0.2) is 0 Å². The van der Waals surface area contributed by atoms with E-state index in [0.717, 1.165) is 6.04 Å². The largest absolute Gasteiger partial charge is 0.311 e. The van der Waals surface area contributed by atoms with Crippen LogP contribution < -0.4 is 5.32 Å². The first-order valence-corrected chi connectivity index (χ1v) is 9.39. The van der Waals surface area contributed by atoms with E-state index in [2.05, 4.69) is 55.9 Å². The van der Waals surface area contributed by atoms with Crippen molar-refractivity contribution >= 4 is 11.8 Å². The van der Waals surface area contributed by atoms with Crippen LogP contribution in [0, 0.1) is 0 Å². The Kier molecular flexibility index (Phi) is 7.78. The Labute approximate surface area is 125 Å². The fourth-order valence-corrected chi connectivity index (χ4v) is 4.14. The summed E-state index contributed by atoms with van der Waals surface area (Å²) in [6.07, 6.45) is 8.73. The van der Waals surface area contributed by atoms with Gasteiger partial charge < -0.3 is 5.32 Å². The summed E-state index contributed by atoms with van der Waals surface area (Å²) in [5.74, 6) is 0. The molecule has 1 aliphatic rings. The molecule has 0 bridgehead atoms. The first kappa shape index (κ1) is 17.3. The molecule has 3 heteroatoms. The molecule has 0 aromatic carbocycles. The highest BCUT2D eigenvalue weighted by atomic mass is 32.2. The summed E-state index contributed by atoms with van der Waals surface area (Å²) in [6, 6.07) is 1.44. The van der Waals surface area contributed by atoms with Gasteiger partial charge in [-0.25, -0.2) is 0 Å². The Bertz CT molecular complexity index is 233. The summed E-state index contributed by atoms with van der Waals surface area (Å²) in [4.78, 5) is 2.78. The van der Waals surface area contributed by atoms with Crippen molar-refractivity contribution in [2.24, 2.45) is 0 Å². The van der Waals surface area contributed by atoms with E-state index in [9.17, 15) is 0 Å². The molecule has 0 spiro atoms. The molecule has 2 nitrogen and oxygen atoms in total. The van der Waals surface area contributed by atoms with Gasteiger partial charge >= 0.3 is 0 Å². The molecule has 1 rings (SSSR count). The third-order valence-electron chi connectivity index (χ3n) is 4.93. The van der Waals surface area contributed by atoms with Gasteiger partial charge in [-0.1, -0.05) is 34.1 Å². The number of nitrogens with zero attached hydrogens (tertiary/aromatic N) is 1. The third kappa shape index (κ3) is 4.64. The molecule has 1 N–H and O–H groups in total. The summed E-state index contributed by atoms with van der Waals surface area (Å²) in [6.45, 7) is 13.0. The highest BCUT2D eigenvalue weighted by Gasteiger charge is 2.33. The van der Waals surface area contributed by atoms with E-state index < -0.39 is 0 Å². The topological polar surface area (TPSA) is 15.3 Å². The summed E-state index contributed by atoms with van der Waals surface area (Å²) < 4.78 is 0.460. The molecule has 0 aliphatic carbocycles. The SMILES string of the molecule is CCCC1CN(CC(CC)(CC)SC)C(CC)CN1. The molecule has 2 atom stereocenters. The lowest BCUT2D eigenvalue weighted by Gasteiger charge is -2.45. The van der Waals surface area contributed by atoms with Crippen molar-refractivity contribution in [2.75, 3.05) is 25.9 Å². The highest BCUT2D eigenvalue weighted by molar-refractivity contribution is 8.00. The quantitative estimate of drug-likeness (QED) is 0.731. The first-order chi connectivity index (χ1) is 9.14. The molecule has 0 aromatic heterocycles. The van der Waals surface area contributed by atoms with E-state index in [1.165, 1.54) is 51.7 Å². The van der Waals surface area contributed by atoms with E-state index in [1.54, 1.807) is 0 Å². The molecule has 0 amide bonds. The van der Waals surface area contributed by atoms with Crippen molar-refractivity contribution in [3.8, 4) is 0 Å². The minimum atomic E-state index is 0.460. The first-order valence-electron chi connectivity index (χ1n) is 8.17. The van der Waals surface area contributed by atoms with Gasteiger partial charge in [0.25, 0.3) is 0 Å². The van der Waals surface area contributed by atoms with Gasteiger partial charge in [-0.05, 0) is 31.9 Å². The molecule has 19 heavy (non-hydrogen) atoms. The van der Waals surface area contributed by atoms with Crippen LogP contribution in [0.25, 0.3) is 0 Å². The van der Waals surface area contributed by atoms with E-state index >= 15 is 0 Å². The number of thioether (sulfide) groups is 1. The second-order valence-corrected chi connectivity index (χ2v) is 7.25. The van der Waals surface area contributed by atoms with Crippen LogP contribution in [0.3, 0.4) is 0 Å². The predicted octanol–water partition coefficient (Wildman–Crippen LogP) is 3.76. The van der Waals surface area contributed by atoms with Crippen molar-refractivity contribution < 1.29 is 0 Å². The minimum Gasteiger partial charge on any atom is -0.311 e. The van der Waals surface area contributed by atoms with E-state index in [-0.39, 0.29) is 0 Å². The van der Waals surface area contributed by atoms with Gasteiger partial charge in [-0.3, -0.25) is 4.90 Å². The lowest BCUT2D eigenvalue weighted by atomic mass is 9.97. The zero-order valence-electron chi connectivity index (χ0n) is 13.7. The smallest absolute Gasteiger partial charge is 0.0279 e. The Morgan fingerprint density at radius 1 is 1.21 bits per heavy atom. The van der Waals surface area contributed by atoms with Gasteiger partial charge in [0, 0.05) is 36.5 Å². The van der Waals surface area contributed by atoms with E-state index in [0.29, 0.717) is 10.8 Å². The highest BCUT2D eigenvalue weighted by Crippen LogP contribution is 2.32. The van der Waals surface area contributed by atoms with Crippen LogP contribution in [-0.4, -0.2) is 47.6 Å². The number of nitrogens with one attached hydrogen (secondary N) is 1. The molecule has 1 heterocycles. The number of piperazine rings is 1. The van der Waals surface area contributed by atoms with Gasteiger partial charge in [-0.2, -0.15) is 11.8 Å². The zero-order chi connectivity index (χ0) is 14.3.